The van der Waals surface area contributed by atoms with Gasteiger partial charge >= 0.3 is 5.97 Å². The van der Waals surface area contributed by atoms with Crippen LogP contribution in [-0.2, 0) is 0 Å². The highest BCUT2D eigenvalue weighted by Crippen LogP contribution is 2.34. The van der Waals surface area contributed by atoms with E-state index in [1.54, 1.807) is 54.7 Å². The molecular formula is C27H16Cl2N2O4. The van der Waals surface area contributed by atoms with Gasteiger partial charge in [-0.3, -0.25) is 4.99 Å². The topological polar surface area (TPSA) is 84.9 Å². The molecular weight excluding hydrogens is 487 g/mol. The number of phenolic OH excluding ortho intramolecular Hbond substituents is 1. The monoisotopic (exact) mass is 502 g/mol. The van der Waals surface area contributed by atoms with Crippen molar-refractivity contribution in [2.45, 2.75) is 0 Å². The molecule has 0 saturated carbocycles. The first kappa shape index (κ1) is 22.7. The number of rotatable bonds is 5. The maximum absolute atomic E-state index is 12.4. The summed E-state index contributed by atoms with van der Waals surface area (Å²) < 4.78 is 11.1. The fourth-order valence-corrected chi connectivity index (χ4v) is 3.65. The number of ether oxygens (including phenoxy) is 1. The minimum atomic E-state index is -0.556. The summed E-state index contributed by atoms with van der Waals surface area (Å²) in [6, 6.07) is 23.7. The number of aromatic hydroxyl groups is 1. The summed E-state index contributed by atoms with van der Waals surface area (Å²) in [4.78, 5) is 21.3. The molecule has 0 amide bonds. The van der Waals surface area contributed by atoms with Crippen molar-refractivity contribution in [2.75, 3.05) is 0 Å². The Hall–Kier alpha value is -4.13. The number of fused-ring (bicyclic) bond motifs is 1. The first-order valence-electron chi connectivity index (χ1n) is 10.5. The molecule has 172 valence electrons. The molecule has 0 atom stereocenters. The Kier molecular flexibility index (Phi) is 6.23. The second kappa shape index (κ2) is 9.62. The van der Waals surface area contributed by atoms with Gasteiger partial charge in [0, 0.05) is 17.3 Å². The van der Waals surface area contributed by atoms with Crippen LogP contribution in [0.15, 0.2) is 94.3 Å². The Morgan fingerprint density at radius 2 is 1.77 bits per heavy atom. The quantitative estimate of drug-likeness (QED) is 0.153. The van der Waals surface area contributed by atoms with Gasteiger partial charge < -0.3 is 14.3 Å². The molecule has 0 unspecified atom stereocenters. The molecule has 0 aliphatic heterocycles. The number of halogens is 2. The average Bonchev–Trinajstić information content (AvgIpc) is 3.30. The molecule has 0 radical (unpaired) electrons. The first-order valence-corrected chi connectivity index (χ1v) is 11.2. The van der Waals surface area contributed by atoms with Crippen molar-refractivity contribution < 1.29 is 19.1 Å². The number of hydrogen-bond acceptors (Lipinski definition) is 6. The van der Waals surface area contributed by atoms with Gasteiger partial charge in [-0.2, -0.15) is 0 Å². The molecule has 0 fully saturated rings. The van der Waals surface area contributed by atoms with E-state index in [1.807, 2.05) is 24.3 Å². The van der Waals surface area contributed by atoms with E-state index in [-0.39, 0.29) is 16.5 Å². The SMILES string of the molecule is O=C(Oc1cc(Cl)ccc1Cl)c1ccc(C=Nc2ccc(O)c(-c3nc4ccccc4o3)c2)cc1. The van der Waals surface area contributed by atoms with Gasteiger partial charge in [0.1, 0.15) is 11.3 Å². The van der Waals surface area contributed by atoms with E-state index in [0.29, 0.717) is 38.8 Å². The lowest BCUT2D eigenvalue weighted by molar-refractivity contribution is 0.0735. The second-order valence-corrected chi connectivity index (χ2v) is 8.38. The molecule has 0 bridgehead atoms. The highest BCUT2D eigenvalue weighted by atomic mass is 35.5. The van der Waals surface area contributed by atoms with Crippen molar-refractivity contribution in [3.05, 3.63) is 106 Å². The predicted octanol–water partition coefficient (Wildman–Crippen LogP) is 7.48. The van der Waals surface area contributed by atoms with Crippen LogP contribution in [0.1, 0.15) is 15.9 Å². The van der Waals surface area contributed by atoms with E-state index in [2.05, 4.69) is 9.98 Å². The lowest BCUT2D eigenvalue weighted by atomic mass is 10.1. The lowest BCUT2D eigenvalue weighted by Gasteiger charge is -2.07. The van der Waals surface area contributed by atoms with Crippen molar-refractivity contribution in [2.24, 2.45) is 4.99 Å². The van der Waals surface area contributed by atoms with Crippen molar-refractivity contribution in [1.82, 2.24) is 4.98 Å². The number of aromatic nitrogens is 1. The standard InChI is InChI=1S/C27H16Cl2N2O4/c28-18-9-11-21(29)25(13-18)35-27(33)17-7-5-16(6-8-17)15-30-19-10-12-23(32)20(14-19)26-31-22-3-1-2-4-24(22)34-26/h1-15,32H. The largest absolute Gasteiger partial charge is 0.507 e. The van der Waals surface area contributed by atoms with Crippen molar-refractivity contribution in [3.8, 4) is 23.0 Å². The minimum Gasteiger partial charge on any atom is -0.507 e. The number of oxazole rings is 1. The molecule has 0 aliphatic rings. The van der Waals surface area contributed by atoms with Crippen LogP contribution in [-0.4, -0.2) is 22.3 Å². The molecule has 5 rings (SSSR count). The number of hydrogen-bond donors (Lipinski definition) is 1. The lowest BCUT2D eigenvalue weighted by Crippen LogP contribution is -2.08. The molecule has 6 nitrogen and oxygen atoms in total. The fraction of sp³-hybridized carbons (Fsp3) is 0. The number of aliphatic imine (C=N–C) groups is 1. The van der Waals surface area contributed by atoms with Crippen LogP contribution in [0.5, 0.6) is 11.5 Å². The molecule has 35 heavy (non-hydrogen) atoms. The third-order valence-corrected chi connectivity index (χ3v) is 5.66. The molecule has 1 N–H and O–H groups in total. The minimum absolute atomic E-state index is 0.0400. The van der Waals surface area contributed by atoms with Crippen molar-refractivity contribution in [3.63, 3.8) is 0 Å². The summed E-state index contributed by atoms with van der Waals surface area (Å²) in [6.45, 7) is 0. The van der Waals surface area contributed by atoms with Crippen LogP contribution in [0.4, 0.5) is 5.69 Å². The highest BCUT2D eigenvalue weighted by Gasteiger charge is 2.13. The van der Waals surface area contributed by atoms with Crippen LogP contribution < -0.4 is 4.74 Å². The van der Waals surface area contributed by atoms with E-state index < -0.39 is 5.97 Å². The summed E-state index contributed by atoms with van der Waals surface area (Å²) in [5.74, 6) is -0.0161. The molecule has 8 heteroatoms. The van der Waals surface area contributed by atoms with Gasteiger partial charge in [-0.25, -0.2) is 9.78 Å². The highest BCUT2D eigenvalue weighted by molar-refractivity contribution is 6.34. The number of benzene rings is 4. The summed E-state index contributed by atoms with van der Waals surface area (Å²) in [7, 11) is 0. The maximum atomic E-state index is 12.4. The Morgan fingerprint density at radius 1 is 0.971 bits per heavy atom. The van der Waals surface area contributed by atoms with Gasteiger partial charge in [-0.1, -0.05) is 47.5 Å². The zero-order chi connectivity index (χ0) is 24.4. The van der Waals surface area contributed by atoms with E-state index in [1.165, 1.54) is 12.1 Å². The average molecular weight is 503 g/mol. The zero-order valence-corrected chi connectivity index (χ0v) is 19.5. The third-order valence-electron chi connectivity index (χ3n) is 5.11. The maximum Gasteiger partial charge on any atom is 0.343 e. The molecule has 0 saturated heterocycles. The molecule has 1 aromatic heterocycles. The summed E-state index contributed by atoms with van der Waals surface area (Å²) in [6.07, 6.45) is 1.64. The van der Waals surface area contributed by atoms with Gasteiger partial charge in [0.2, 0.25) is 5.89 Å². The molecule has 0 aliphatic carbocycles. The molecule has 0 spiro atoms. The third kappa shape index (κ3) is 5.04. The number of carbonyl (C=O) groups excluding carboxylic acids is 1. The Balaban J connectivity index is 1.32. The Bertz CT molecular complexity index is 1540. The van der Waals surface area contributed by atoms with Crippen LogP contribution in [0.3, 0.4) is 0 Å². The summed E-state index contributed by atoms with van der Waals surface area (Å²) in [5, 5.41) is 11.0. The number of carbonyl (C=O) groups is 1. The van der Waals surface area contributed by atoms with E-state index in [4.69, 9.17) is 32.4 Å². The van der Waals surface area contributed by atoms with E-state index in [9.17, 15) is 9.90 Å². The normalized spacial score (nSPS) is 11.3. The van der Waals surface area contributed by atoms with Gasteiger partial charge in [0.05, 0.1) is 21.8 Å². The van der Waals surface area contributed by atoms with Gasteiger partial charge in [0.15, 0.2) is 11.3 Å². The molecule has 5 aromatic rings. The first-order chi connectivity index (χ1) is 17.0. The van der Waals surface area contributed by atoms with Gasteiger partial charge in [-0.05, 0) is 60.2 Å². The summed E-state index contributed by atoms with van der Waals surface area (Å²) >= 11 is 12.0. The smallest absolute Gasteiger partial charge is 0.343 e. The molecule has 4 aromatic carbocycles. The number of phenols is 1. The number of esters is 1. The van der Waals surface area contributed by atoms with Crippen LogP contribution in [0, 0.1) is 0 Å². The zero-order valence-electron chi connectivity index (χ0n) is 18.0. The van der Waals surface area contributed by atoms with Gasteiger partial charge in [0.25, 0.3) is 0 Å². The molecule has 1 heterocycles. The van der Waals surface area contributed by atoms with E-state index in [0.717, 1.165) is 5.56 Å². The number of nitrogens with zero attached hydrogens (tertiary/aromatic N) is 2. The Morgan fingerprint density at radius 3 is 2.57 bits per heavy atom. The van der Waals surface area contributed by atoms with Gasteiger partial charge in [-0.15, -0.1) is 0 Å². The van der Waals surface area contributed by atoms with Crippen LogP contribution in [0.25, 0.3) is 22.6 Å². The van der Waals surface area contributed by atoms with Crippen molar-refractivity contribution >= 4 is 52.2 Å². The Labute approximate surface area is 210 Å². The second-order valence-electron chi connectivity index (χ2n) is 7.53. The predicted molar refractivity (Wildman–Crippen MR) is 136 cm³/mol. The summed E-state index contributed by atoms with van der Waals surface area (Å²) in [5.41, 5.74) is 3.48. The van der Waals surface area contributed by atoms with Crippen LogP contribution >= 0.6 is 23.2 Å². The van der Waals surface area contributed by atoms with Crippen LogP contribution in [0.2, 0.25) is 10.0 Å². The number of para-hydroxylation sites is 2. The fourth-order valence-electron chi connectivity index (χ4n) is 3.33. The van der Waals surface area contributed by atoms with E-state index >= 15 is 0 Å². The van der Waals surface area contributed by atoms with Crippen molar-refractivity contribution in [1.29, 1.82) is 0 Å².